The third-order valence-corrected chi connectivity index (χ3v) is 11.2. The number of rotatable bonds is 4. The number of hydrogen-bond acceptors (Lipinski definition) is 2. The molecule has 0 amide bonds. The number of fused-ring (bicyclic) bond motifs is 11. The van der Waals surface area contributed by atoms with Crippen molar-refractivity contribution in [3.05, 3.63) is 182 Å². The molecule has 0 saturated heterocycles. The summed E-state index contributed by atoms with van der Waals surface area (Å²) in [4.78, 5) is 10.7. The van der Waals surface area contributed by atoms with Gasteiger partial charge in [-0.05, 0) is 58.7 Å². The van der Waals surface area contributed by atoms with Gasteiger partial charge in [0.05, 0.1) is 38.8 Å². The zero-order chi connectivity index (χ0) is 35.3. The van der Waals surface area contributed by atoms with Crippen molar-refractivity contribution in [3.63, 3.8) is 0 Å². The summed E-state index contributed by atoms with van der Waals surface area (Å²) in [5.41, 5.74) is 13.5. The smallest absolute Gasteiger partial charge is 0.235 e. The summed E-state index contributed by atoms with van der Waals surface area (Å²) >= 11 is 0. The van der Waals surface area contributed by atoms with Gasteiger partial charge >= 0.3 is 0 Å². The molecule has 12 rings (SSSR count). The maximum atomic E-state index is 5.43. The number of aromatic nitrogens is 4. The molecule has 0 unspecified atom stereocenters. The van der Waals surface area contributed by atoms with Crippen molar-refractivity contribution < 1.29 is 0 Å². The number of nitrogens with zero attached hydrogens (tertiary/aromatic N) is 4. The summed E-state index contributed by atoms with van der Waals surface area (Å²) in [7, 11) is 0. The second-order valence-electron chi connectivity index (χ2n) is 14.2. The minimum absolute atomic E-state index is 0.660. The predicted molar refractivity (Wildman–Crippen MR) is 225 cm³/mol. The van der Waals surface area contributed by atoms with Crippen LogP contribution < -0.4 is 0 Å². The van der Waals surface area contributed by atoms with Crippen molar-refractivity contribution in [2.75, 3.05) is 0 Å². The predicted octanol–water partition coefficient (Wildman–Crippen LogP) is 12.9. The van der Waals surface area contributed by atoms with E-state index in [9.17, 15) is 0 Å². The van der Waals surface area contributed by atoms with E-state index in [1.165, 1.54) is 71.1 Å². The molecule has 8 aromatic carbocycles. The third-order valence-electron chi connectivity index (χ3n) is 11.2. The van der Waals surface area contributed by atoms with E-state index in [4.69, 9.17) is 9.97 Å². The van der Waals surface area contributed by atoms with Gasteiger partial charge in [-0.1, -0.05) is 146 Å². The van der Waals surface area contributed by atoms with E-state index in [1.54, 1.807) is 0 Å². The van der Waals surface area contributed by atoms with Crippen molar-refractivity contribution in [1.29, 1.82) is 0 Å². The van der Waals surface area contributed by atoms with Crippen molar-refractivity contribution in [2.45, 2.75) is 0 Å². The first-order valence-corrected chi connectivity index (χ1v) is 18.4. The van der Waals surface area contributed by atoms with Crippen LogP contribution in [0.5, 0.6) is 0 Å². The fourth-order valence-electron chi connectivity index (χ4n) is 8.88. The largest absolute Gasteiger partial charge is 0.308 e. The summed E-state index contributed by atoms with van der Waals surface area (Å²) in [6.45, 7) is 0. The van der Waals surface area contributed by atoms with Crippen molar-refractivity contribution in [3.8, 4) is 39.5 Å². The van der Waals surface area contributed by atoms with E-state index >= 15 is 0 Å². The summed E-state index contributed by atoms with van der Waals surface area (Å²) < 4.78 is 4.79. The van der Waals surface area contributed by atoms with E-state index in [0.29, 0.717) is 5.95 Å². The molecule has 0 aliphatic rings. The molecule has 12 aromatic rings. The minimum Gasteiger partial charge on any atom is -0.308 e. The average Bonchev–Trinajstić information content (AvgIpc) is 3.88. The van der Waals surface area contributed by atoms with Crippen LogP contribution in [-0.4, -0.2) is 18.9 Å². The second-order valence-corrected chi connectivity index (χ2v) is 14.2. The molecule has 0 saturated carbocycles. The number of hydrogen-bond donors (Lipinski definition) is 0. The Kier molecular flexibility index (Phi) is 6.02. The molecule has 0 aliphatic heterocycles. The Bertz CT molecular complexity index is 3410. The van der Waals surface area contributed by atoms with Crippen LogP contribution >= 0.6 is 0 Å². The zero-order valence-corrected chi connectivity index (χ0v) is 29.1. The molecule has 54 heavy (non-hydrogen) atoms. The van der Waals surface area contributed by atoms with Gasteiger partial charge in [0.15, 0.2) is 0 Å². The Labute approximate surface area is 310 Å². The maximum Gasteiger partial charge on any atom is 0.235 e. The highest BCUT2D eigenvalue weighted by Gasteiger charge is 2.26. The van der Waals surface area contributed by atoms with Gasteiger partial charge in [0.2, 0.25) is 5.95 Å². The van der Waals surface area contributed by atoms with Crippen LogP contribution in [0.3, 0.4) is 0 Å². The average molecular weight is 687 g/mol. The lowest BCUT2D eigenvalue weighted by atomic mass is 9.99. The Balaban J connectivity index is 1.27. The first kappa shape index (κ1) is 29.3. The highest BCUT2D eigenvalue weighted by Crippen LogP contribution is 2.47. The Morgan fingerprint density at radius 2 is 0.963 bits per heavy atom. The van der Waals surface area contributed by atoms with Crippen LogP contribution in [0.15, 0.2) is 182 Å². The normalized spacial score (nSPS) is 12.1. The molecule has 4 heterocycles. The Morgan fingerprint density at radius 3 is 1.72 bits per heavy atom. The summed E-state index contributed by atoms with van der Waals surface area (Å²) in [5, 5.41) is 8.38. The van der Waals surface area contributed by atoms with Crippen LogP contribution in [-0.2, 0) is 0 Å². The van der Waals surface area contributed by atoms with Gasteiger partial charge in [-0.2, -0.15) is 0 Å². The topological polar surface area (TPSA) is 35.1 Å². The maximum absolute atomic E-state index is 5.43. The lowest BCUT2D eigenvalue weighted by molar-refractivity contribution is 1.01. The monoisotopic (exact) mass is 686 g/mol. The molecular formula is C50H30N4. The highest BCUT2D eigenvalue weighted by molar-refractivity contribution is 6.36. The van der Waals surface area contributed by atoms with Gasteiger partial charge in [0.1, 0.15) is 0 Å². The van der Waals surface area contributed by atoms with Gasteiger partial charge < -0.3 is 4.40 Å². The second kappa shape index (κ2) is 11.1. The molecule has 4 nitrogen and oxygen atoms in total. The van der Waals surface area contributed by atoms with E-state index in [0.717, 1.165) is 33.2 Å². The van der Waals surface area contributed by atoms with Gasteiger partial charge in [0, 0.05) is 43.3 Å². The van der Waals surface area contributed by atoms with Gasteiger partial charge in [0.25, 0.3) is 0 Å². The van der Waals surface area contributed by atoms with Gasteiger partial charge in [-0.15, -0.1) is 0 Å². The lowest BCUT2D eigenvalue weighted by Gasteiger charge is -2.12. The van der Waals surface area contributed by atoms with Crippen molar-refractivity contribution >= 4 is 70.8 Å². The molecule has 0 atom stereocenters. The molecule has 0 spiro atoms. The summed E-state index contributed by atoms with van der Waals surface area (Å²) in [6, 6.07) is 65.2. The molecule has 0 radical (unpaired) electrons. The standard InChI is InChI=1S/C50H30N4/c1-4-14-31(15-5-1)34-25-27-43-40(28-34)46-45(54(43)50-51-41-22-12-10-20-37(41)48(52-50)33-18-8-3-9-19-33)30-39-36-26-24-35(32-16-6-2-7-17-32)29-44(36)53-42-23-13-11-21-38(42)47(46)49(39)53/h1-30H. The SMILES string of the molecule is c1ccc(-c2ccc3c(c2)c2c4c5ccccc5n5c6cc(-c7ccccc7)ccc6c(cc2n3-c2nc(-c3ccccc3)c3ccccc3n2)c45)cc1. The van der Waals surface area contributed by atoms with E-state index in [1.807, 2.05) is 0 Å². The van der Waals surface area contributed by atoms with Crippen molar-refractivity contribution in [2.24, 2.45) is 0 Å². The quantitative estimate of drug-likeness (QED) is 0.185. The molecule has 4 aromatic heterocycles. The molecule has 4 heteroatoms. The molecule has 250 valence electrons. The van der Waals surface area contributed by atoms with Crippen LogP contribution in [0.4, 0.5) is 0 Å². The third kappa shape index (κ3) is 4.08. The molecule has 0 aliphatic carbocycles. The van der Waals surface area contributed by atoms with Gasteiger partial charge in [-0.25, -0.2) is 9.97 Å². The van der Waals surface area contributed by atoms with Crippen LogP contribution in [0.25, 0.3) is 110 Å². The molecular weight excluding hydrogens is 657 g/mol. The van der Waals surface area contributed by atoms with E-state index < -0.39 is 0 Å². The van der Waals surface area contributed by atoms with E-state index in [2.05, 4.69) is 191 Å². The number of benzene rings is 8. The van der Waals surface area contributed by atoms with Crippen LogP contribution in [0.1, 0.15) is 0 Å². The fraction of sp³-hybridized carbons (Fsp3) is 0. The molecule has 0 N–H and O–H groups in total. The molecule has 0 bridgehead atoms. The van der Waals surface area contributed by atoms with Crippen LogP contribution in [0, 0.1) is 0 Å². The minimum atomic E-state index is 0.660. The number of para-hydroxylation sites is 2. The first-order valence-electron chi connectivity index (χ1n) is 18.4. The Hall–Kier alpha value is -7.30. The zero-order valence-electron chi connectivity index (χ0n) is 29.1. The summed E-state index contributed by atoms with van der Waals surface area (Å²) in [5.74, 6) is 0.660. The van der Waals surface area contributed by atoms with Gasteiger partial charge in [-0.3, -0.25) is 4.57 Å². The Morgan fingerprint density at radius 1 is 0.333 bits per heavy atom. The first-order chi connectivity index (χ1) is 26.8. The van der Waals surface area contributed by atoms with Crippen molar-refractivity contribution in [1.82, 2.24) is 18.9 Å². The van der Waals surface area contributed by atoms with E-state index in [-0.39, 0.29) is 0 Å². The lowest BCUT2D eigenvalue weighted by Crippen LogP contribution is -2.03. The summed E-state index contributed by atoms with van der Waals surface area (Å²) in [6.07, 6.45) is 0. The highest BCUT2D eigenvalue weighted by atomic mass is 15.2. The fourth-order valence-corrected chi connectivity index (χ4v) is 8.88. The molecule has 0 fully saturated rings. The van der Waals surface area contributed by atoms with Crippen LogP contribution in [0.2, 0.25) is 0 Å².